The maximum atomic E-state index is 6.20. The van der Waals surface area contributed by atoms with Crippen molar-refractivity contribution in [3.05, 3.63) is 18.2 Å². The average Bonchev–Trinajstić information content (AvgIpc) is 2.63. The highest BCUT2D eigenvalue weighted by atomic mass is 14.9. The molecule has 2 aliphatic carbocycles. The van der Waals surface area contributed by atoms with E-state index >= 15 is 0 Å². The Balaban J connectivity index is 1.59. The first-order chi connectivity index (χ1) is 6.86. The van der Waals surface area contributed by atoms with Crippen LogP contribution in [-0.4, -0.2) is 16.0 Å². The van der Waals surface area contributed by atoms with E-state index in [1.807, 2.05) is 6.20 Å². The Hall–Kier alpha value is -0.830. The van der Waals surface area contributed by atoms with Crippen LogP contribution in [0.4, 0.5) is 0 Å². The topological polar surface area (TPSA) is 54.7 Å². The Kier molecular flexibility index (Phi) is 1.87. The molecule has 0 aromatic carbocycles. The van der Waals surface area contributed by atoms with Crippen molar-refractivity contribution in [2.45, 2.75) is 31.7 Å². The SMILES string of the molecule is NC(Cc1ncc[nH]1)C1C2CCCC21. The van der Waals surface area contributed by atoms with Crippen LogP contribution >= 0.6 is 0 Å². The van der Waals surface area contributed by atoms with Crippen molar-refractivity contribution in [2.75, 3.05) is 0 Å². The first-order valence-corrected chi connectivity index (χ1v) is 5.60. The lowest BCUT2D eigenvalue weighted by Gasteiger charge is -2.11. The lowest BCUT2D eigenvalue weighted by atomic mass is 10.0. The summed E-state index contributed by atoms with van der Waals surface area (Å²) in [6.45, 7) is 0. The number of fused-ring (bicyclic) bond motifs is 1. The van der Waals surface area contributed by atoms with E-state index in [0.29, 0.717) is 6.04 Å². The Labute approximate surface area is 84.1 Å². The molecule has 1 aromatic rings. The Morgan fingerprint density at radius 2 is 2.29 bits per heavy atom. The molecule has 0 spiro atoms. The molecule has 3 rings (SSSR count). The van der Waals surface area contributed by atoms with E-state index in [2.05, 4.69) is 9.97 Å². The molecule has 2 aliphatic rings. The van der Waals surface area contributed by atoms with Crippen LogP contribution in [0, 0.1) is 17.8 Å². The predicted molar refractivity (Wildman–Crippen MR) is 54.6 cm³/mol. The van der Waals surface area contributed by atoms with Crippen LogP contribution in [0.2, 0.25) is 0 Å². The van der Waals surface area contributed by atoms with Gasteiger partial charge in [-0.15, -0.1) is 0 Å². The molecule has 3 unspecified atom stereocenters. The average molecular weight is 191 g/mol. The minimum atomic E-state index is 0.330. The summed E-state index contributed by atoms with van der Waals surface area (Å²) in [7, 11) is 0. The zero-order chi connectivity index (χ0) is 9.54. The van der Waals surface area contributed by atoms with Gasteiger partial charge in [-0.3, -0.25) is 0 Å². The van der Waals surface area contributed by atoms with Gasteiger partial charge >= 0.3 is 0 Å². The summed E-state index contributed by atoms with van der Waals surface area (Å²) >= 11 is 0. The normalized spacial score (nSPS) is 36.8. The van der Waals surface area contributed by atoms with Crippen molar-refractivity contribution >= 4 is 0 Å². The number of nitrogens with zero attached hydrogens (tertiary/aromatic N) is 1. The third kappa shape index (κ3) is 1.27. The summed E-state index contributed by atoms with van der Waals surface area (Å²) in [4.78, 5) is 7.35. The summed E-state index contributed by atoms with van der Waals surface area (Å²) in [5.74, 6) is 3.76. The van der Waals surface area contributed by atoms with E-state index in [1.165, 1.54) is 19.3 Å². The summed E-state index contributed by atoms with van der Waals surface area (Å²) < 4.78 is 0. The van der Waals surface area contributed by atoms with Crippen LogP contribution in [0.5, 0.6) is 0 Å². The molecule has 0 amide bonds. The van der Waals surface area contributed by atoms with Gasteiger partial charge in [-0.25, -0.2) is 4.98 Å². The van der Waals surface area contributed by atoms with E-state index < -0.39 is 0 Å². The molecule has 2 fully saturated rings. The quantitative estimate of drug-likeness (QED) is 0.757. The van der Waals surface area contributed by atoms with Crippen molar-refractivity contribution in [1.29, 1.82) is 0 Å². The fourth-order valence-electron chi connectivity index (χ4n) is 3.28. The highest BCUT2D eigenvalue weighted by Crippen LogP contribution is 2.58. The van der Waals surface area contributed by atoms with Crippen molar-refractivity contribution in [3.63, 3.8) is 0 Å². The van der Waals surface area contributed by atoms with E-state index in [0.717, 1.165) is 30.0 Å². The number of imidazole rings is 1. The van der Waals surface area contributed by atoms with E-state index in [4.69, 9.17) is 5.73 Å². The highest BCUT2D eigenvalue weighted by Gasteiger charge is 2.54. The number of rotatable bonds is 3. The zero-order valence-corrected chi connectivity index (χ0v) is 8.32. The second kappa shape index (κ2) is 3.09. The van der Waals surface area contributed by atoms with Crippen molar-refractivity contribution in [1.82, 2.24) is 9.97 Å². The van der Waals surface area contributed by atoms with Gasteiger partial charge in [-0.1, -0.05) is 6.42 Å². The molecule has 0 radical (unpaired) electrons. The monoisotopic (exact) mass is 191 g/mol. The number of hydrogen-bond acceptors (Lipinski definition) is 2. The fourth-order valence-corrected chi connectivity index (χ4v) is 3.28. The van der Waals surface area contributed by atoms with Gasteiger partial charge in [0, 0.05) is 24.9 Å². The van der Waals surface area contributed by atoms with Gasteiger partial charge in [0.15, 0.2) is 0 Å². The van der Waals surface area contributed by atoms with Crippen LogP contribution in [0.25, 0.3) is 0 Å². The molecule has 0 aliphatic heterocycles. The Morgan fingerprint density at radius 3 is 2.93 bits per heavy atom. The number of nitrogens with one attached hydrogen (secondary N) is 1. The fraction of sp³-hybridized carbons (Fsp3) is 0.727. The van der Waals surface area contributed by atoms with Crippen LogP contribution in [-0.2, 0) is 6.42 Å². The highest BCUT2D eigenvalue weighted by molar-refractivity contribution is 5.07. The molecule has 0 bridgehead atoms. The van der Waals surface area contributed by atoms with E-state index in [1.54, 1.807) is 6.20 Å². The second-order valence-electron chi connectivity index (χ2n) is 4.74. The second-order valence-corrected chi connectivity index (χ2v) is 4.74. The standard InChI is InChI=1S/C11H17N3/c12-9(6-10-13-4-5-14-10)11-7-2-1-3-8(7)11/h4-5,7-9,11H,1-3,6,12H2,(H,13,14). The van der Waals surface area contributed by atoms with Crippen LogP contribution in [0.1, 0.15) is 25.1 Å². The van der Waals surface area contributed by atoms with Gasteiger partial charge in [0.05, 0.1) is 0 Å². The molecular weight excluding hydrogens is 174 g/mol. The molecule has 2 saturated carbocycles. The molecular formula is C11H17N3. The minimum Gasteiger partial charge on any atom is -0.349 e. The van der Waals surface area contributed by atoms with E-state index in [-0.39, 0.29) is 0 Å². The molecule has 1 aromatic heterocycles. The van der Waals surface area contributed by atoms with Gasteiger partial charge in [0.2, 0.25) is 0 Å². The molecule has 0 saturated heterocycles. The molecule has 1 heterocycles. The lowest BCUT2D eigenvalue weighted by Crippen LogP contribution is -2.27. The first kappa shape index (κ1) is 8.48. The van der Waals surface area contributed by atoms with Gasteiger partial charge in [0.1, 0.15) is 5.82 Å². The van der Waals surface area contributed by atoms with Crippen LogP contribution in [0.3, 0.4) is 0 Å². The van der Waals surface area contributed by atoms with Crippen LogP contribution < -0.4 is 5.73 Å². The smallest absolute Gasteiger partial charge is 0.107 e. The molecule has 3 nitrogen and oxygen atoms in total. The number of nitrogens with two attached hydrogens (primary N) is 1. The third-order valence-corrected chi connectivity index (χ3v) is 3.95. The number of H-pyrrole nitrogens is 1. The van der Waals surface area contributed by atoms with Crippen molar-refractivity contribution in [2.24, 2.45) is 23.5 Å². The lowest BCUT2D eigenvalue weighted by molar-refractivity contribution is 0.478. The largest absolute Gasteiger partial charge is 0.349 e. The summed E-state index contributed by atoms with van der Waals surface area (Å²) in [5.41, 5.74) is 6.20. The van der Waals surface area contributed by atoms with E-state index in [9.17, 15) is 0 Å². The van der Waals surface area contributed by atoms with Crippen molar-refractivity contribution in [3.8, 4) is 0 Å². The molecule has 3 heteroatoms. The first-order valence-electron chi connectivity index (χ1n) is 5.60. The number of aromatic nitrogens is 2. The van der Waals surface area contributed by atoms with Gasteiger partial charge in [0.25, 0.3) is 0 Å². The van der Waals surface area contributed by atoms with Crippen LogP contribution in [0.15, 0.2) is 12.4 Å². The Morgan fingerprint density at radius 1 is 1.50 bits per heavy atom. The summed E-state index contributed by atoms with van der Waals surface area (Å²) in [6, 6.07) is 0.330. The maximum Gasteiger partial charge on any atom is 0.107 e. The number of aromatic amines is 1. The maximum absolute atomic E-state index is 6.20. The van der Waals surface area contributed by atoms with Gasteiger partial charge in [-0.05, 0) is 30.6 Å². The Bertz CT molecular complexity index is 296. The summed E-state index contributed by atoms with van der Waals surface area (Å²) in [5, 5.41) is 0. The number of hydrogen-bond donors (Lipinski definition) is 2. The van der Waals surface area contributed by atoms with Gasteiger partial charge < -0.3 is 10.7 Å². The molecule has 14 heavy (non-hydrogen) atoms. The summed E-state index contributed by atoms with van der Waals surface area (Å²) in [6.07, 6.45) is 8.86. The van der Waals surface area contributed by atoms with Gasteiger partial charge in [-0.2, -0.15) is 0 Å². The zero-order valence-electron chi connectivity index (χ0n) is 8.32. The minimum absolute atomic E-state index is 0.330. The predicted octanol–water partition coefficient (Wildman–Crippen LogP) is 1.33. The van der Waals surface area contributed by atoms with Crippen molar-refractivity contribution < 1.29 is 0 Å². The molecule has 3 atom stereocenters. The molecule has 76 valence electrons. The molecule has 3 N–H and O–H groups in total. The third-order valence-electron chi connectivity index (χ3n) is 3.95.